The minimum atomic E-state index is -0.317. The molecule has 1 fully saturated rings. The van der Waals surface area contributed by atoms with Gasteiger partial charge in [0.15, 0.2) is 0 Å². The van der Waals surface area contributed by atoms with E-state index in [9.17, 15) is 5.11 Å². The second kappa shape index (κ2) is 6.35. The van der Waals surface area contributed by atoms with E-state index in [0.29, 0.717) is 0 Å². The molecule has 2 nitrogen and oxygen atoms in total. The van der Waals surface area contributed by atoms with Gasteiger partial charge in [-0.2, -0.15) is 0 Å². The smallest absolute Gasteiger partial charge is 0.0802 e. The fraction of sp³-hybridized carbons (Fsp3) is 0.625. The lowest BCUT2D eigenvalue weighted by Crippen LogP contribution is -2.29. The van der Waals surface area contributed by atoms with Crippen LogP contribution in [0.15, 0.2) is 24.3 Å². The highest BCUT2D eigenvalue weighted by atomic mass is 16.3. The molecule has 1 aromatic carbocycles. The van der Waals surface area contributed by atoms with Crippen molar-refractivity contribution in [3.8, 4) is 0 Å². The molecule has 0 heterocycles. The average molecular weight is 247 g/mol. The molecule has 1 unspecified atom stereocenters. The van der Waals surface area contributed by atoms with Crippen LogP contribution in [-0.4, -0.2) is 29.1 Å². The Kier molecular flexibility index (Phi) is 4.79. The Balaban J connectivity index is 1.84. The van der Waals surface area contributed by atoms with Gasteiger partial charge in [0.2, 0.25) is 0 Å². The summed E-state index contributed by atoms with van der Waals surface area (Å²) < 4.78 is 0. The molecule has 1 N–H and O–H groups in total. The van der Waals surface area contributed by atoms with Gasteiger partial charge in [0.1, 0.15) is 0 Å². The van der Waals surface area contributed by atoms with E-state index in [1.165, 1.54) is 31.4 Å². The molecular weight excluding hydrogens is 222 g/mol. The summed E-state index contributed by atoms with van der Waals surface area (Å²) in [6, 6.07) is 9.02. The average Bonchev–Trinajstić information content (AvgIpc) is 3.18. The third-order valence-electron chi connectivity index (χ3n) is 3.69. The van der Waals surface area contributed by atoms with Gasteiger partial charge < -0.3 is 10.0 Å². The van der Waals surface area contributed by atoms with Crippen molar-refractivity contribution in [2.24, 2.45) is 0 Å². The number of hydrogen-bond donors (Lipinski definition) is 1. The summed E-state index contributed by atoms with van der Waals surface area (Å²) in [7, 11) is 0. The molecule has 0 aliphatic heterocycles. The van der Waals surface area contributed by atoms with Crippen molar-refractivity contribution in [3.05, 3.63) is 35.4 Å². The summed E-state index contributed by atoms with van der Waals surface area (Å²) in [6.07, 6.45) is 4.43. The number of rotatable bonds is 7. The molecule has 0 spiro atoms. The van der Waals surface area contributed by atoms with Crippen molar-refractivity contribution < 1.29 is 5.11 Å². The lowest BCUT2D eigenvalue weighted by molar-refractivity contribution is 0.139. The molecule has 0 amide bonds. The maximum Gasteiger partial charge on any atom is 0.0802 e. The second-order valence-electron chi connectivity index (χ2n) is 5.49. The molecule has 2 rings (SSSR count). The van der Waals surface area contributed by atoms with Gasteiger partial charge in [-0.05, 0) is 44.7 Å². The van der Waals surface area contributed by atoms with E-state index in [4.69, 9.17) is 0 Å². The third-order valence-corrected chi connectivity index (χ3v) is 3.69. The van der Waals surface area contributed by atoms with Crippen LogP contribution in [-0.2, 0) is 0 Å². The van der Waals surface area contributed by atoms with Crippen LogP contribution in [0, 0.1) is 6.92 Å². The molecule has 1 aromatic rings. The van der Waals surface area contributed by atoms with Crippen LogP contribution in [0.25, 0.3) is 0 Å². The Morgan fingerprint density at radius 2 is 2.11 bits per heavy atom. The Morgan fingerprint density at radius 3 is 2.72 bits per heavy atom. The predicted molar refractivity (Wildman–Crippen MR) is 75.6 cm³/mol. The van der Waals surface area contributed by atoms with Crippen molar-refractivity contribution in [2.45, 2.75) is 51.7 Å². The van der Waals surface area contributed by atoms with E-state index in [2.05, 4.69) is 30.9 Å². The fourth-order valence-electron chi connectivity index (χ4n) is 2.54. The molecule has 1 aliphatic rings. The van der Waals surface area contributed by atoms with Crippen LogP contribution < -0.4 is 0 Å². The summed E-state index contributed by atoms with van der Waals surface area (Å²) in [5.41, 5.74) is 2.28. The minimum absolute atomic E-state index is 0.317. The summed E-state index contributed by atoms with van der Waals surface area (Å²) in [6.45, 7) is 6.50. The Hall–Kier alpha value is -0.860. The first kappa shape index (κ1) is 13.6. The number of aliphatic hydroxyl groups is 1. The molecule has 1 aliphatic carbocycles. The van der Waals surface area contributed by atoms with Gasteiger partial charge >= 0.3 is 0 Å². The first-order valence-corrected chi connectivity index (χ1v) is 7.19. The SMILES string of the molecule is CCCN(CCC(O)c1cccc(C)c1)C1CC1. The van der Waals surface area contributed by atoms with E-state index >= 15 is 0 Å². The fourth-order valence-corrected chi connectivity index (χ4v) is 2.54. The lowest BCUT2D eigenvalue weighted by atomic mass is 10.0. The first-order valence-electron chi connectivity index (χ1n) is 7.19. The Bertz CT molecular complexity index is 373. The normalized spacial score (nSPS) is 17.1. The maximum atomic E-state index is 10.2. The predicted octanol–water partition coefficient (Wildman–Crippen LogP) is 3.29. The minimum Gasteiger partial charge on any atom is -0.388 e. The zero-order chi connectivity index (χ0) is 13.0. The van der Waals surface area contributed by atoms with Gasteiger partial charge in [0.05, 0.1) is 6.10 Å². The van der Waals surface area contributed by atoms with Gasteiger partial charge in [-0.25, -0.2) is 0 Å². The second-order valence-corrected chi connectivity index (χ2v) is 5.49. The van der Waals surface area contributed by atoms with Crippen molar-refractivity contribution >= 4 is 0 Å². The molecule has 0 aromatic heterocycles. The summed E-state index contributed by atoms with van der Waals surface area (Å²) in [5, 5.41) is 10.2. The molecule has 1 saturated carbocycles. The van der Waals surface area contributed by atoms with Gasteiger partial charge in [-0.15, -0.1) is 0 Å². The molecule has 2 heteroatoms. The molecule has 18 heavy (non-hydrogen) atoms. The van der Waals surface area contributed by atoms with Crippen LogP contribution in [0.1, 0.15) is 49.8 Å². The van der Waals surface area contributed by atoms with Gasteiger partial charge in [0, 0.05) is 12.6 Å². The van der Waals surface area contributed by atoms with E-state index in [-0.39, 0.29) is 6.10 Å². The highest BCUT2D eigenvalue weighted by molar-refractivity contribution is 5.23. The van der Waals surface area contributed by atoms with Gasteiger partial charge in [-0.3, -0.25) is 0 Å². The third kappa shape index (κ3) is 3.82. The van der Waals surface area contributed by atoms with Crippen molar-refractivity contribution in [1.29, 1.82) is 0 Å². The summed E-state index contributed by atoms with van der Waals surface area (Å²) in [5.74, 6) is 0. The number of hydrogen-bond acceptors (Lipinski definition) is 2. The lowest BCUT2D eigenvalue weighted by Gasteiger charge is -2.23. The van der Waals surface area contributed by atoms with E-state index < -0.39 is 0 Å². The van der Waals surface area contributed by atoms with Gasteiger partial charge in [0.25, 0.3) is 0 Å². The first-order chi connectivity index (χ1) is 8.70. The van der Waals surface area contributed by atoms with E-state index in [0.717, 1.165) is 24.6 Å². The van der Waals surface area contributed by atoms with Crippen molar-refractivity contribution in [3.63, 3.8) is 0 Å². The molecule has 1 atom stereocenters. The van der Waals surface area contributed by atoms with Crippen LogP contribution in [0.2, 0.25) is 0 Å². The number of benzene rings is 1. The number of nitrogens with zero attached hydrogens (tertiary/aromatic N) is 1. The largest absolute Gasteiger partial charge is 0.388 e. The summed E-state index contributed by atoms with van der Waals surface area (Å²) >= 11 is 0. The number of aryl methyl sites for hydroxylation is 1. The van der Waals surface area contributed by atoms with Gasteiger partial charge in [-0.1, -0.05) is 36.8 Å². The van der Waals surface area contributed by atoms with E-state index in [1.807, 2.05) is 12.1 Å². The highest BCUT2D eigenvalue weighted by Gasteiger charge is 2.28. The standard InChI is InChI=1S/C16H25NO/c1-3-10-17(15-7-8-15)11-9-16(18)14-6-4-5-13(2)12-14/h4-6,12,15-16,18H,3,7-11H2,1-2H3. The zero-order valence-electron chi connectivity index (χ0n) is 11.6. The Morgan fingerprint density at radius 1 is 1.33 bits per heavy atom. The maximum absolute atomic E-state index is 10.2. The molecule has 0 radical (unpaired) electrons. The number of aliphatic hydroxyl groups excluding tert-OH is 1. The van der Waals surface area contributed by atoms with Crippen LogP contribution in [0.3, 0.4) is 0 Å². The molecule has 0 saturated heterocycles. The molecule has 100 valence electrons. The molecular formula is C16H25NO. The topological polar surface area (TPSA) is 23.5 Å². The monoisotopic (exact) mass is 247 g/mol. The van der Waals surface area contributed by atoms with Crippen LogP contribution in [0.4, 0.5) is 0 Å². The van der Waals surface area contributed by atoms with E-state index in [1.54, 1.807) is 0 Å². The highest BCUT2D eigenvalue weighted by Crippen LogP contribution is 2.28. The summed E-state index contributed by atoms with van der Waals surface area (Å²) in [4.78, 5) is 2.54. The van der Waals surface area contributed by atoms with Crippen molar-refractivity contribution in [2.75, 3.05) is 13.1 Å². The van der Waals surface area contributed by atoms with Crippen molar-refractivity contribution in [1.82, 2.24) is 4.90 Å². The van der Waals surface area contributed by atoms with Crippen LogP contribution in [0.5, 0.6) is 0 Å². The quantitative estimate of drug-likeness (QED) is 0.799. The zero-order valence-corrected chi connectivity index (χ0v) is 11.6. The Labute approximate surface area is 111 Å². The molecule has 0 bridgehead atoms. The van der Waals surface area contributed by atoms with Crippen LogP contribution >= 0.6 is 0 Å².